The molecule has 5 nitrogen and oxygen atoms in total. The lowest BCUT2D eigenvalue weighted by Crippen LogP contribution is -2.29. The molecule has 0 unspecified atom stereocenters. The van der Waals surface area contributed by atoms with E-state index >= 15 is 0 Å². The van der Waals surface area contributed by atoms with Crippen LogP contribution in [-0.2, 0) is 0 Å². The van der Waals surface area contributed by atoms with Gasteiger partial charge >= 0.3 is 0 Å². The van der Waals surface area contributed by atoms with Gasteiger partial charge in [0, 0.05) is 29.3 Å². The second kappa shape index (κ2) is 8.91. The van der Waals surface area contributed by atoms with E-state index < -0.39 is 0 Å². The van der Waals surface area contributed by atoms with Gasteiger partial charge in [-0.05, 0) is 74.1 Å². The molecule has 0 amide bonds. The Morgan fingerprint density at radius 3 is 2.53 bits per heavy atom. The zero-order valence-corrected chi connectivity index (χ0v) is 20.0. The number of thiocarbonyl (C=S) groups is 1. The van der Waals surface area contributed by atoms with Crippen molar-refractivity contribution < 1.29 is 9.13 Å². The number of rotatable bonds is 5. The molecule has 0 radical (unpaired) electrons. The third kappa shape index (κ3) is 3.72. The number of benzene rings is 2. The molecule has 0 bridgehead atoms. The van der Waals surface area contributed by atoms with E-state index in [0.29, 0.717) is 10.8 Å². The average molecular weight is 473 g/mol. The lowest BCUT2D eigenvalue weighted by Gasteiger charge is -2.28. The number of anilines is 1. The van der Waals surface area contributed by atoms with Gasteiger partial charge in [-0.25, -0.2) is 4.39 Å². The van der Waals surface area contributed by atoms with Gasteiger partial charge in [0.2, 0.25) is 0 Å². The van der Waals surface area contributed by atoms with Gasteiger partial charge in [-0.1, -0.05) is 24.3 Å². The van der Waals surface area contributed by atoms with Crippen molar-refractivity contribution >= 4 is 23.0 Å². The van der Waals surface area contributed by atoms with E-state index in [1.165, 1.54) is 6.07 Å². The minimum Gasteiger partial charge on any atom is -0.497 e. The highest BCUT2D eigenvalue weighted by Gasteiger charge is 2.42. The lowest BCUT2D eigenvalue weighted by molar-refractivity contribution is 0.415. The molecular formula is C27H25FN4OS. The van der Waals surface area contributed by atoms with Crippen LogP contribution in [0.2, 0.25) is 0 Å². The molecule has 5 rings (SSSR count). The number of nitrogens with zero attached hydrogens (tertiary/aromatic N) is 3. The summed E-state index contributed by atoms with van der Waals surface area (Å²) in [5.41, 5.74) is 5.27. The van der Waals surface area contributed by atoms with Crippen molar-refractivity contribution in [1.82, 2.24) is 14.9 Å². The van der Waals surface area contributed by atoms with E-state index in [1.54, 1.807) is 25.4 Å². The highest BCUT2D eigenvalue weighted by molar-refractivity contribution is 7.80. The molecular weight excluding hydrogens is 447 g/mol. The summed E-state index contributed by atoms with van der Waals surface area (Å²) in [5, 5.41) is 4.08. The highest BCUT2D eigenvalue weighted by Crippen LogP contribution is 2.44. The molecule has 2 aromatic heterocycles. The van der Waals surface area contributed by atoms with E-state index in [0.717, 1.165) is 34.1 Å². The Kier molecular flexibility index (Phi) is 5.79. The van der Waals surface area contributed by atoms with E-state index in [-0.39, 0.29) is 17.9 Å². The summed E-state index contributed by atoms with van der Waals surface area (Å²) >= 11 is 5.83. The molecule has 3 heterocycles. The monoisotopic (exact) mass is 472 g/mol. The SMILES string of the molecule is COc1cccc(N2C(=S)N[C@H](c3ccccn3)[C@H]2c2cc(C)n(-c3ccccc3F)c2C)c1. The van der Waals surface area contributed by atoms with Crippen LogP contribution < -0.4 is 15.0 Å². The van der Waals surface area contributed by atoms with Crippen LogP contribution in [0.5, 0.6) is 5.75 Å². The van der Waals surface area contributed by atoms with Crippen molar-refractivity contribution in [3.8, 4) is 11.4 Å². The van der Waals surface area contributed by atoms with E-state index in [2.05, 4.69) is 21.3 Å². The molecule has 34 heavy (non-hydrogen) atoms. The number of hydrogen-bond donors (Lipinski definition) is 1. The minimum atomic E-state index is -0.262. The molecule has 1 saturated heterocycles. The zero-order valence-electron chi connectivity index (χ0n) is 19.2. The molecule has 0 saturated carbocycles. The van der Waals surface area contributed by atoms with Gasteiger partial charge in [0.1, 0.15) is 11.6 Å². The second-order valence-corrected chi connectivity index (χ2v) is 8.70. The molecule has 1 aliphatic heterocycles. The number of nitrogens with one attached hydrogen (secondary N) is 1. The minimum absolute atomic E-state index is 0.186. The van der Waals surface area contributed by atoms with E-state index in [4.69, 9.17) is 17.0 Å². The van der Waals surface area contributed by atoms with Crippen molar-refractivity contribution in [2.24, 2.45) is 0 Å². The Hall–Kier alpha value is -3.71. The van der Waals surface area contributed by atoms with Crippen LogP contribution in [0.3, 0.4) is 0 Å². The first-order valence-corrected chi connectivity index (χ1v) is 11.5. The van der Waals surface area contributed by atoms with E-state index in [1.807, 2.05) is 66.9 Å². The van der Waals surface area contributed by atoms with Crippen LogP contribution in [0.25, 0.3) is 5.69 Å². The van der Waals surface area contributed by atoms with Gasteiger partial charge in [-0.15, -0.1) is 0 Å². The molecule has 0 aliphatic carbocycles. The molecule has 7 heteroatoms. The van der Waals surface area contributed by atoms with E-state index in [9.17, 15) is 4.39 Å². The third-order valence-corrected chi connectivity index (χ3v) is 6.63. The number of pyridine rings is 1. The fourth-order valence-electron chi connectivity index (χ4n) is 4.80. The summed E-state index contributed by atoms with van der Waals surface area (Å²) in [6.07, 6.45) is 1.79. The Balaban J connectivity index is 1.70. The number of aromatic nitrogens is 2. The van der Waals surface area contributed by atoms with Crippen LogP contribution in [0.15, 0.2) is 79.0 Å². The van der Waals surface area contributed by atoms with Gasteiger partial charge in [-0.3, -0.25) is 4.98 Å². The molecule has 1 fully saturated rings. The second-order valence-electron chi connectivity index (χ2n) is 8.31. The highest BCUT2D eigenvalue weighted by atomic mass is 32.1. The smallest absolute Gasteiger partial charge is 0.174 e. The molecule has 2 atom stereocenters. The zero-order chi connectivity index (χ0) is 23.8. The Labute approximate surface area is 203 Å². The Morgan fingerprint density at radius 1 is 1.00 bits per heavy atom. The predicted molar refractivity (Wildman–Crippen MR) is 136 cm³/mol. The summed E-state index contributed by atoms with van der Waals surface area (Å²) in [6.45, 7) is 4.02. The van der Waals surface area contributed by atoms with Gasteiger partial charge in [0.25, 0.3) is 0 Å². The summed E-state index contributed by atoms with van der Waals surface area (Å²) in [5.74, 6) is 0.485. The molecule has 0 spiro atoms. The maximum absolute atomic E-state index is 14.8. The number of ether oxygens (including phenoxy) is 1. The largest absolute Gasteiger partial charge is 0.497 e. The first-order chi connectivity index (χ1) is 16.5. The summed E-state index contributed by atoms with van der Waals surface area (Å²) in [4.78, 5) is 6.73. The number of para-hydroxylation sites is 1. The van der Waals surface area contributed by atoms with Gasteiger partial charge in [-0.2, -0.15) is 0 Å². The van der Waals surface area contributed by atoms with Crippen molar-refractivity contribution in [2.45, 2.75) is 25.9 Å². The summed E-state index contributed by atoms with van der Waals surface area (Å²) in [7, 11) is 1.65. The Bertz CT molecular complexity index is 1350. The summed E-state index contributed by atoms with van der Waals surface area (Å²) in [6, 6.07) is 22.3. The standard InChI is InChI=1S/C27H25FN4OS/c1-17-15-21(18(2)31(17)24-13-5-4-11-22(24)28)26-25(23-12-6-7-14-29-23)30-27(34)32(26)19-9-8-10-20(16-19)33-3/h4-16,25-26H,1-3H3,(H,30,34)/t25-,26-/m1/s1. The molecule has 1 N–H and O–H groups in total. The number of aryl methyl sites for hydroxylation is 1. The maximum atomic E-state index is 14.8. The first kappa shape index (κ1) is 22.1. The molecule has 2 aromatic carbocycles. The van der Waals surface area contributed by atoms with Gasteiger partial charge < -0.3 is 19.5 Å². The fraction of sp³-hybridized carbons (Fsp3) is 0.185. The third-order valence-electron chi connectivity index (χ3n) is 6.31. The lowest BCUT2D eigenvalue weighted by atomic mass is 9.96. The van der Waals surface area contributed by atoms with Crippen molar-refractivity contribution in [1.29, 1.82) is 0 Å². The van der Waals surface area contributed by atoms with Crippen LogP contribution in [0.1, 0.15) is 34.7 Å². The quantitative estimate of drug-likeness (QED) is 0.371. The van der Waals surface area contributed by atoms with Crippen LogP contribution in [0, 0.1) is 19.7 Å². The van der Waals surface area contributed by atoms with Crippen molar-refractivity contribution in [2.75, 3.05) is 12.0 Å². The molecule has 172 valence electrons. The molecule has 4 aromatic rings. The van der Waals surface area contributed by atoms with Crippen LogP contribution >= 0.6 is 12.2 Å². The number of methoxy groups -OCH3 is 1. The maximum Gasteiger partial charge on any atom is 0.174 e. The van der Waals surface area contributed by atoms with Gasteiger partial charge in [0.05, 0.1) is 30.6 Å². The average Bonchev–Trinajstić information content (AvgIpc) is 3.35. The Morgan fingerprint density at radius 2 is 1.79 bits per heavy atom. The number of halogens is 1. The van der Waals surface area contributed by atoms with Crippen LogP contribution in [-0.4, -0.2) is 21.8 Å². The van der Waals surface area contributed by atoms with Crippen molar-refractivity contribution in [3.63, 3.8) is 0 Å². The van der Waals surface area contributed by atoms with Gasteiger partial charge in [0.15, 0.2) is 5.11 Å². The fourth-order valence-corrected chi connectivity index (χ4v) is 5.15. The summed E-state index contributed by atoms with van der Waals surface area (Å²) < 4.78 is 22.2. The normalized spacial score (nSPS) is 17.6. The topological polar surface area (TPSA) is 42.3 Å². The van der Waals surface area contributed by atoms with Crippen molar-refractivity contribution in [3.05, 3.63) is 107 Å². The number of hydrogen-bond acceptors (Lipinski definition) is 3. The molecule has 1 aliphatic rings. The predicted octanol–water partition coefficient (Wildman–Crippen LogP) is 5.81. The first-order valence-electron chi connectivity index (χ1n) is 11.1. The van der Waals surface area contributed by atoms with Crippen LogP contribution in [0.4, 0.5) is 10.1 Å².